The Balaban J connectivity index is 2.52. The number of benzene rings is 1. The summed E-state index contributed by atoms with van der Waals surface area (Å²) in [7, 11) is 1.27. The van der Waals surface area contributed by atoms with E-state index < -0.39 is 5.97 Å². The highest BCUT2D eigenvalue weighted by Crippen LogP contribution is 2.36. The van der Waals surface area contributed by atoms with Crippen LogP contribution in [0.1, 0.15) is 20.7 Å². The van der Waals surface area contributed by atoms with Crippen LogP contribution >= 0.6 is 0 Å². The molecule has 0 saturated carbocycles. The summed E-state index contributed by atoms with van der Waals surface area (Å²) in [4.78, 5) is 22.0. The predicted octanol–water partition coefficient (Wildman–Crippen LogP) is 1.01. The largest absolute Gasteiger partial charge is 0.465 e. The van der Waals surface area contributed by atoms with E-state index in [1.165, 1.54) is 19.2 Å². The smallest absolute Gasteiger partial charge is 0.338 e. The molecule has 0 amide bonds. The van der Waals surface area contributed by atoms with Crippen molar-refractivity contribution in [1.29, 1.82) is 0 Å². The molecule has 2 rings (SSSR count). The third kappa shape index (κ3) is 1.52. The van der Waals surface area contributed by atoms with Crippen LogP contribution in [0.5, 0.6) is 11.5 Å². The Bertz CT molecular complexity index is 424. The molecular formula is C10H8O5. The van der Waals surface area contributed by atoms with Crippen LogP contribution in [0.2, 0.25) is 0 Å². The van der Waals surface area contributed by atoms with Gasteiger partial charge in [0.25, 0.3) is 0 Å². The topological polar surface area (TPSA) is 61.8 Å². The number of hydrogen-bond acceptors (Lipinski definition) is 5. The van der Waals surface area contributed by atoms with Gasteiger partial charge in [0, 0.05) is 0 Å². The lowest BCUT2D eigenvalue weighted by Crippen LogP contribution is -2.02. The Morgan fingerprint density at radius 1 is 1.47 bits per heavy atom. The Morgan fingerprint density at radius 3 is 2.93 bits per heavy atom. The lowest BCUT2D eigenvalue weighted by Gasteiger charge is -2.03. The fraction of sp³-hybridized carbons (Fsp3) is 0.200. The van der Waals surface area contributed by atoms with Crippen LogP contribution in [-0.4, -0.2) is 26.2 Å². The molecule has 1 heterocycles. The van der Waals surface area contributed by atoms with Crippen molar-refractivity contribution in [2.75, 3.05) is 13.9 Å². The van der Waals surface area contributed by atoms with Gasteiger partial charge in [0.1, 0.15) is 0 Å². The van der Waals surface area contributed by atoms with Gasteiger partial charge in [-0.1, -0.05) is 0 Å². The summed E-state index contributed by atoms with van der Waals surface area (Å²) >= 11 is 0. The van der Waals surface area contributed by atoms with Crippen LogP contribution in [0.4, 0.5) is 0 Å². The molecule has 78 valence electrons. The van der Waals surface area contributed by atoms with Gasteiger partial charge < -0.3 is 14.2 Å². The van der Waals surface area contributed by atoms with Crippen molar-refractivity contribution >= 4 is 12.3 Å². The summed E-state index contributed by atoms with van der Waals surface area (Å²) in [6.07, 6.45) is 0.611. The Kier molecular flexibility index (Phi) is 2.29. The first-order valence-corrected chi connectivity index (χ1v) is 4.23. The van der Waals surface area contributed by atoms with Crippen LogP contribution in [0.3, 0.4) is 0 Å². The molecule has 1 aromatic rings. The fourth-order valence-corrected chi connectivity index (χ4v) is 1.36. The summed E-state index contributed by atoms with van der Waals surface area (Å²) < 4.78 is 14.7. The van der Waals surface area contributed by atoms with E-state index in [-0.39, 0.29) is 17.9 Å². The van der Waals surface area contributed by atoms with E-state index in [1.807, 2.05) is 0 Å². The van der Waals surface area contributed by atoms with Crippen LogP contribution in [-0.2, 0) is 4.74 Å². The van der Waals surface area contributed by atoms with E-state index >= 15 is 0 Å². The molecular weight excluding hydrogens is 200 g/mol. The van der Waals surface area contributed by atoms with E-state index in [9.17, 15) is 9.59 Å². The molecule has 0 N–H and O–H groups in total. The first-order valence-electron chi connectivity index (χ1n) is 4.23. The van der Waals surface area contributed by atoms with Gasteiger partial charge in [0.05, 0.1) is 18.2 Å². The average Bonchev–Trinajstić information content (AvgIpc) is 2.74. The monoisotopic (exact) mass is 208 g/mol. The molecule has 15 heavy (non-hydrogen) atoms. The number of hydrogen-bond donors (Lipinski definition) is 0. The molecule has 5 heteroatoms. The maximum absolute atomic E-state index is 11.2. The molecule has 0 aromatic heterocycles. The summed E-state index contributed by atoms with van der Waals surface area (Å²) in [5.41, 5.74) is 0.550. The van der Waals surface area contributed by atoms with Crippen molar-refractivity contribution in [2.45, 2.75) is 0 Å². The lowest BCUT2D eigenvalue weighted by atomic mass is 10.1. The summed E-state index contributed by atoms with van der Waals surface area (Å²) in [5, 5.41) is 0. The average molecular weight is 208 g/mol. The summed E-state index contributed by atoms with van der Waals surface area (Å²) in [5.74, 6) is 0.244. The van der Waals surface area contributed by atoms with Gasteiger partial charge in [0.2, 0.25) is 6.79 Å². The third-order valence-electron chi connectivity index (χ3n) is 2.05. The number of rotatable bonds is 2. The SMILES string of the molecule is COC(=O)c1cc(C=O)c2c(c1)OCO2. The Hall–Kier alpha value is -2.04. The minimum Gasteiger partial charge on any atom is -0.465 e. The van der Waals surface area contributed by atoms with Crippen molar-refractivity contribution in [1.82, 2.24) is 0 Å². The lowest BCUT2D eigenvalue weighted by molar-refractivity contribution is 0.0600. The zero-order chi connectivity index (χ0) is 10.8. The molecule has 0 saturated heterocycles. The second-order valence-corrected chi connectivity index (χ2v) is 2.91. The van der Waals surface area contributed by atoms with E-state index in [0.717, 1.165) is 0 Å². The molecule has 1 aliphatic heterocycles. The number of methoxy groups -OCH3 is 1. The van der Waals surface area contributed by atoms with Crippen LogP contribution in [0, 0.1) is 0 Å². The fourth-order valence-electron chi connectivity index (χ4n) is 1.36. The quantitative estimate of drug-likeness (QED) is 0.536. The highest BCUT2D eigenvalue weighted by Gasteiger charge is 2.21. The van der Waals surface area contributed by atoms with Crippen molar-refractivity contribution in [3.05, 3.63) is 23.3 Å². The molecule has 0 bridgehead atoms. The van der Waals surface area contributed by atoms with Gasteiger partial charge in [-0.15, -0.1) is 0 Å². The molecule has 0 atom stereocenters. The molecule has 0 spiro atoms. The van der Waals surface area contributed by atoms with Crippen molar-refractivity contribution in [2.24, 2.45) is 0 Å². The van der Waals surface area contributed by atoms with Gasteiger partial charge in [-0.3, -0.25) is 4.79 Å². The standard InChI is InChI=1S/C10H8O5/c1-13-10(12)6-2-7(4-11)9-8(3-6)14-5-15-9/h2-4H,5H2,1H3. The first-order chi connectivity index (χ1) is 7.26. The molecule has 1 aliphatic rings. The molecule has 0 unspecified atom stereocenters. The highest BCUT2D eigenvalue weighted by molar-refractivity contribution is 5.94. The van der Waals surface area contributed by atoms with Gasteiger partial charge in [-0.25, -0.2) is 4.79 Å². The number of carbonyl (C=O) groups is 2. The van der Waals surface area contributed by atoms with Gasteiger partial charge >= 0.3 is 5.97 Å². The highest BCUT2D eigenvalue weighted by atomic mass is 16.7. The number of esters is 1. The number of fused-ring (bicyclic) bond motifs is 1. The minimum atomic E-state index is -0.517. The minimum absolute atomic E-state index is 0.0563. The first kappa shape index (κ1) is 9.51. The van der Waals surface area contributed by atoms with Gasteiger partial charge in [-0.2, -0.15) is 0 Å². The zero-order valence-electron chi connectivity index (χ0n) is 7.98. The number of ether oxygens (including phenoxy) is 3. The number of aldehydes is 1. The predicted molar refractivity (Wildman–Crippen MR) is 49.3 cm³/mol. The molecule has 1 aromatic carbocycles. The maximum Gasteiger partial charge on any atom is 0.338 e. The summed E-state index contributed by atoms with van der Waals surface area (Å²) in [6, 6.07) is 2.90. The van der Waals surface area contributed by atoms with E-state index in [1.54, 1.807) is 0 Å². The van der Waals surface area contributed by atoms with Crippen LogP contribution in [0.15, 0.2) is 12.1 Å². The van der Waals surface area contributed by atoms with E-state index in [2.05, 4.69) is 4.74 Å². The third-order valence-corrected chi connectivity index (χ3v) is 2.05. The molecule has 0 fully saturated rings. The Labute approximate surface area is 85.5 Å². The molecule has 0 aliphatic carbocycles. The second kappa shape index (κ2) is 3.61. The number of carbonyl (C=O) groups excluding carboxylic acids is 2. The normalized spacial score (nSPS) is 12.3. The van der Waals surface area contributed by atoms with Crippen LogP contribution in [0.25, 0.3) is 0 Å². The van der Waals surface area contributed by atoms with Crippen molar-refractivity contribution < 1.29 is 23.8 Å². The molecule has 5 nitrogen and oxygen atoms in total. The Morgan fingerprint density at radius 2 is 2.27 bits per heavy atom. The van der Waals surface area contributed by atoms with E-state index in [4.69, 9.17) is 9.47 Å². The van der Waals surface area contributed by atoms with E-state index in [0.29, 0.717) is 17.8 Å². The van der Waals surface area contributed by atoms with Crippen molar-refractivity contribution in [3.8, 4) is 11.5 Å². The van der Waals surface area contributed by atoms with Crippen LogP contribution < -0.4 is 9.47 Å². The zero-order valence-corrected chi connectivity index (χ0v) is 7.98. The molecule has 0 radical (unpaired) electrons. The second-order valence-electron chi connectivity index (χ2n) is 2.91. The van der Waals surface area contributed by atoms with Gasteiger partial charge in [0.15, 0.2) is 17.8 Å². The van der Waals surface area contributed by atoms with Crippen molar-refractivity contribution in [3.63, 3.8) is 0 Å². The van der Waals surface area contributed by atoms with Gasteiger partial charge in [-0.05, 0) is 12.1 Å². The summed E-state index contributed by atoms with van der Waals surface area (Å²) in [6.45, 7) is 0.0563. The maximum atomic E-state index is 11.2.